The Bertz CT molecular complexity index is 607. The summed E-state index contributed by atoms with van der Waals surface area (Å²) in [5.74, 6) is 1.54. The van der Waals surface area contributed by atoms with Crippen LogP contribution in [-0.4, -0.2) is 0 Å². The van der Waals surface area contributed by atoms with Crippen molar-refractivity contribution < 1.29 is 4.42 Å². The Hall–Kier alpha value is -1.57. The number of furan rings is 1. The molecule has 0 aliphatic rings. The normalized spacial score (nSPS) is 9.40. The molecule has 112 valence electrons. The van der Waals surface area contributed by atoms with Crippen LogP contribution in [0.5, 0.6) is 0 Å². The number of hydrogen-bond donors (Lipinski definition) is 0. The van der Waals surface area contributed by atoms with Crippen molar-refractivity contribution in [3.8, 4) is 0 Å². The first kappa shape index (κ1) is 18.4. The predicted molar refractivity (Wildman–Crippen MR) is 88.7 cm³/mol. The Labute approximate surface area is 122 Å². The molecule has 0 spiro atoms. The fraction of sp³-hybridized carbons (Fsp3) is 0.500. The van der Waals surface area contributed by atoms with Crippen LogP contribution >= 0.6 is 0 Å². The van der Waals surface area contributed by atoms with Crippen LogP contribution in [-0.2, 0) is 0 Å². The van der Waals surface area contributed by atoms with Crippen LogP contribution in [0, 0.1) is 27.7 Å². The highest BCUT2D eigenvalue weighted by molar-refractivity contribution is 5.88. The Morgan fingerprint density at radius 2 is 1.35 bits per heavy atom. The molecule has 1 aromatic carbocycles. The van der Waals surface area contributed by atoms with Gasteiger partial charge in [-0.05, 0) is 44.9 Å². The van der Waals surface area contributed by atoms with Gasteiger partial charge in [0.05, 0.1) is 5.39 Å². The highest BCUT2D eigenvalue weighted by Crippen LogP contribution is 2.24. The Morgan fingerprint density at radius 1 is 0.900 bits per heavy atom. The highest BCUT2D eigenvalue weighted by atomic mass is 16.3. The maximum atomic E-state index is 11.9. The van der Waals surface area contributed by atoms with Gasteiger partial charge >= 0.3 is 0 Å². The van der Waals surface area contributed by atoms with Crippen molar-refractivity contribution in [1.29, 1.82) is 0 Å². The van der Waals surface area contributed by atoms with E-state index in [9.17, 15) is 4.79 Å². The van der Waals surface area contributed by atoms with Gasteiger partial charge in [0, 0.05) is 5.39 Å². The van der Waals surface area contributed by atoms with Gasteiger partial charge in [-0.2, -0.15) is 0 Å². The molecule has 0 saturated carbocycles. The average Bonchev–Trinajstić information content (AvgIpc) is 2.60. The molecule has 2 aromatic rings. The molecule has 2 nitrogen and oxygen atoms in total. The van der Waals surface area contributed by atoms with Gasteiger partial charge in [0.15, 0.2) is 5.43 Å². The van der Waals surface area contributed by atoms with Gasteiger partial charge < -0.3 is 4.42 Å². The molecule has 1 heterocycles. The monoisotopic (exact) mass is 276 g/mol. The summed E-state index contributed by atoms with van der Waals surface area (Å²) in [6.07, 6.45) is 1.25. The summed E-state index contributed by atoms with van der Waals surface area (Å²) in [5.41, 5.74) is 2.14. The zero-order valence-corrected chi connectivity index (χ0v) is 14.2. The molecule has 0 fully saturated rings. The van der Waals surface area contributed by atoms with E-state index in [1.807, 2.05) is 47.6 Å². The molecule has 2 heteroatoms. The first-order valence-electron chi connectivity index (χ1n) is 7.43. The summed E-state index contributed by atoms with van der Waals surface area (Å²) in [6, 6.07) is 3.68. The number of aryl methyl sites for hydroxylation is 4. The maximum Gasteiger partial charge on any atom is 0.190 e. The predicted octanol–water partition coefficient (Wildman–Crippen LogP) is 5.47. The lowest BCUT2D eigenvalue weighted by molar-refractivity contribution is 0.510. The van der Waals surface area contributed by atoms with Crippen LogP contribution in [0.4, 0.5) is 0 Å². The van der Waals surface area contributed by atoms with Crippen molar-refractivity contribution >= 4 is 10.8 Å². The molecular formula is C18H28O2. The Kier molecular flexibility index (Phi) is 7.90. The van der Waals surface area contributed by atoms with Gasteiger partial charge in [-0.1, -0.05) is 40.2 Å². The minimum atomic E-state index is 0.0463. The first-order valence-corrected chi connectivity index (χ1v) is 7.43. The van der Waals surface area contributed by atoms with E-state index < -0.39 is 0 Å². The SMILES string of the molecule is CC.CCC.Cc1cc(C)c2c(C)oc(C)c2c(=O)c1. The fourth-order valence-corrected chi connectivity index (χ4v) is 2.19. The quantitative estimate of drug-likeness (QED) is 0.638. The van der Waals surface area contributed by atoms with Crippen LogP contribution in [0.1, 0.15) is 56.8 Å². The first-order chi connectivity index (χ1) is 9.42. The molecule has 0 unspecified atom stereocenters. The standard InChI is InChI=1S/C13H14O2.C3H8.C2H6/c1-7-5-8(2)12-9(3)15-10(4)13(12)11(14)6-7;1-3-2;1-2/h5-6H,1-4H3;3H2,1-2H3;1-2H3. The number of rotatable bonds is 0. The summed E-state index contributed by atoms with van der Waals surface area (Å²) in [7, 11) is 0. The summed E-state index contributed by atoms with van der Waals surface area (Å²) in [6.45, 7) is 15.9. The smallest absolute Gasteiger partial charge is 0.190 e. The van der Waals surface area contributed by atoms with Gasteiger partial charge in [0.2, 0.25) is 0 Å². The van der Waals surface area contributed by atoms with Crippen molar-refractivity contribution in [3.63, 3.8) is 0 Å². The van der Waals surface area contributed by atoms with Gasteiger partial charge in [-0.15, -0.1) is 0 Å². The van der Waals surface area contributed by atoms with Crippen molar-refractivity contribution in [2.75, 3.05) is 0 Å². The Balaban J connectivity index is 0.000000641. The van der Waals surface area contributed by atoms with E-state index in [1.54, 1.807) is 6.07 Å². The van der Waals surface area contributed by atoms with Gasteiger partial charge in [-0.3, -0.25) is 4.79 Å². The zero-order chi connectivity index (χ0) is 15.9. The average molecular weight is 276 g/mol. The van der Waals surface area contributed by atoms with E-state index >= 15 is 0 Å². The number of fused-ring (bicyclic) bond motifs is 1. The minimum Gasteiger partial charge on any atom is -0.465 e. The van der Waals surface area contributed by atoms with Crippen LogP contribution in [0.2, 0.25) is 0 Å². The summed E-state index contributed by atoms with van der Waals surface area (Å²) >= 11 is 0. The zero-order valence-electron chi connectivity index (χ0n) is 14.2. The number of hydrogen-bond acceptors (Lipinski definition) is 2. The van der Waals surface area contributed by atoms with Crippen molar-refractivity contribution in [2.45, 2.75) is 61.8 Å². The van der Waals surface area contributed by atoms with E-state index in [4.69, 9.17) is 4.42 Å². The highest BCUT2D eigenvalue weighted by Gasteiger charge is 2.11. The van der Waals surface area contributed by atoms with Crippen LogP contribution < -0.4 is 5.43 Å². The summed E-state index contributed by atoms with van der Waals surface area (Å²) < 4.78 is 5.51. The molecule has 0 atom stereocenters. The molecule has 0 bridgehead atoms. The van der Waals surface area contributed by atoms with Gasteiger partial charge in [0.25, 0.3) is 0 Å². The van der Waals surface area contributed by atoms with E-state index in [0.717, 1.165) is 27.7 Å². The van der Waals surface area contributed by atoms with Crippen molar-refractivity contribution in [1.82, 2.24) is 0 Å². The second-order valence-corrected chi connectivity index (χ2v) is 4.75. The molecule has 0 radical (unpaired) electrons. The fourth-order valence-electron chi connectivity index (χ4n) is 2.19. The molecule has 2 rings (SSSR count). The topological polar surface area (TPSA) is 30.2 Å². The largest absolute Gasteiger partial charge is 0.465 e. The van der Waals surface area contributed by atoms with Crippen LogP contribution in [0.25, 0.3) is 10.8 Å². The van der Waals surface area contributed by atoms with E-state index in [0.29, 0.717) is 5.76 Å². The third-order valence-corrected chi connectivity index (χ3v) is 2.70. The molecule has 0 saturated heterocycles. The van der Waals surface area contributed by atoms with Gasteiger partial charge in [-0.25, -0.2) is 0 Å². The lowest BCUT2D eigenvalue weighted by Gasteiger charge is -1.89. The van der Waals surface area contributed by atoms with Crippen molar-refractivity contribution in [3.05, 3.63) is 45.0 Å². The van der Waals surface area contributed by atoms with E-state index in [-0.39, 0.29) is 5.43 Å². The maximum absolute atomic E-state index is 11.9. The third kappa shape index (κ3) is 4.22. The third-order valence-electron chi connectivity index (χ3n) is 2.70. The summed E-state index contributed by atoms with van der Waals surface area (Å²) in [5, 5.41) is 1.68. The molecular weight excluding hydrogens is 248 g/mol. The molecule has 0 aliphatic heterocycles. The summed E-state index contributed by atoms with van der Waals surface area (Å²) in [4.78, 5) is 11.9. The minimum absolute atomic E-state index is 0.0463. The molecule has 0 N–H and O–H groups in total. The van der Waals surface area contributed by atoms with E-state index in [1.165, 1.54) is 6.42 Å². The molecule has 1 aromatic heterocycles. The second-order valence-electron chi connectivity index (χ2n) is 4.75. The van der Waals surface area contributed by atoms with Crippen molar-refractivity contribution in [2.24, 2.45) is 0 Å². The van der Waals surface area contributed by atoms with E-state index in [2.05, 4.69) is 13.8 Å². The molecule has 0 amide bonds. The molecule has 20 heavy (non-hydrogen) atoms. The molecule has 0 aliphatic carbocycles. The second kappa shape index (κ2) is 8.57. The van der Waals surface area contributed by atoms with Gasteiger partial charge in [0.1, 0.15) is 11.5 Å². The van der Waals surface area contributed by atoms with Crippen LogP contribution in [0.15, 0.2) is 21.3 Å². The van der Waals surface area contributed by atoms with Crippen LogP contribution in [0.3, 0.4) is 0 Å². The lowest BCUT2D eigenvalue weighted by Crippen LogP contribution is -1.95. The Morgan fingerprint density at radius 3 is 1.85 bits per heavy atom. The lowest BCUT2D eigenvalue weighted by atomic mass is 10.1.